The summed E-state index contributed by atoms with van der Waals surface area (Å²) in [5, 5.41) is 7.41. The van der Waals surface area contributed by atoms with Crippen LogP contribution in [0.3, 0.4) is 0 Å². The van der Waals surface area contributed by atoms with E-state index >= 15 is 0 Å². The molecule has 23 heavy (non-hydrogen) atoms. The minimum Gasteiger partial charge on any atom is -0.350 e. The van der Waals surface area contributed by atoms with Crippen molar-refractivity contribution in [3.05, 3.63) is 58.3 Å². The molecule has 1 fully saturated rings. The highest BCUT2D eigenvalue weighted by Gasteiger charge is 2.24. The van der Waals surface area contributed by atoms with E-state index in [1.807, 2.05) is 30.3 Å². The maximum atomic E-state index is 12.3. The van der Waals surface area contributed by atoms with Crippen LogP contribution in [0.1, 0.15) is 22.0 Å². The van der Waals surface area contributed by atoms with Gasteiger partial charge in [0, 0.05) is 38.3 Å². The number of hydrogen-bond donors (Lipinski definition) is 1. The quantitative estimate of drug-likeness (QED) is 0.915. The van der Waals surface area contributed by atoms with Gasteiger partial charge in [-0.1, -0.05) is 18.2 Å². The fourth-order valence-electron chi connectivity index (χ4n) is 2.94. The van der Waals surface area contributed by atoms with Gasteiger partial charge in [0.25, 0.3) is 5.91 Å². The molecule has 1 saturated heterocycles. The van der Waals surface area contributed by atoms with Crippen molar-refractivity contribution in [1.29, 1.82) is 0 Å². The number of nitrogens with one attached hydrogen (secondary N) is 1. The molecule has 0 aliphatic carbocycles. The second kappa shape index (κ2) is 7.73. The molecule has 1 N–H and O–H groups in total. The van der Waals surface area contributed by atoms with E-state index in [1.54, 1.807) is 11.3 Å². The summed E-state index contributed by atoms with van der Waals surface area (Å²) >= 11 is 1.71. The minimum absolute atomic E-state index is 0.0000397. The topological polar surface area (TPSA) is 35.6 Å². The largest absolute Gasteiger partial charge is 0.350 e. The molecule has 4 nitrogen and oxygen atoms in total. The van der Waals surface area contributed by atoms with Crippen molar-refractivity contribution >= 4 is 17.2 Å². The molecule has 0 bridgehead atoms. The number of benzene rings is 1. The van der Waals surface area contributed by atoms with Crippen LogP contribution in [0, 0.1) is 0 Å². The minimum atomic E-state index is -0.0000397. The molecule has 0 spiro atoms. The van der Waals surface area contributed by atoms with Gasteiger partial charge in [-0.2, -0.15) is 11.3 Å². The molecule has 122 valence electrons. The zero-order chi connectivity index (χ0) is 16.1. The first kappa shape index (κ1) is 16.2. The van der Waals surface area contributed by atoms with Crippen LogP contribution in [0.2, 0.25) is 0 Å². The molecule has 0 radical (unpaired) electrons. The molecule has 2 heterocycles. The molecule has 0 saturated carbocycles. The Hall–Kier alpha value is -1.69. The van der Waals surface area contributed by atoms with E-state index in [2.05, 4.69) is 39.0 Å². The van der Waals surface area contributed by atoms with E-state index in [1.165, 1.54) is 5.56 Å². The number of nitrogens with zero attached hydrogens (tertiary/aromatic N) is 2. The van der Waals surface area contributed by atoms with E-state index in [0.29, 0.717) is 6.54 Å². The van der Waals surface area contributed by atoms with Gasteiger partial charge in [-0.15, -0.1) is 0 Å². The Morgan fingerprint density at radius 3 is 2.57 bits per heavy atom. The molecule has 1 aromatic carbocycles. The van der Waals surface area contributed by atoms with Crippen molar-refractivity contribution in [2.75, 3.05) is 39.8 Å². The number of piperazine rings is 1. The molecular formula is C18H23N3OS. The first-order valence-corrected chi connectivity index (χ1v) is 8.96. The first-order valence-electron chi connectivity index (χ1n) is 8.02. The van der Waals surface area contributed by atoms with Crippen molar-refractivity contribution in [3.63, 3.8) is 0 Å². The smallest absolute Gasteiger partial charge is 0.251 e. The Bertz CT molecular complexity index is 606. The molecule has 1 aliphatic heterocycles. The number of carbonyl (C=O) groups is 1. The molecule has 1 aromatic heterocycles. The monoisotopic (exact) mass is 329 g/mol. The summed E-state index contributed by atoms with van der Waals surface area (Å²) in [7, 11) is 2.16. The summed E-state index contributed by atoms with van der Waals surface area (Å²) < 4.78 is 0. The predicted octanol–water partition coefficient (Wildman–Crippen LogP) is 2.47. The van der Waals surface area contributed by atoms with Crippen molar-refractivity contribution in [1.82, 2.24) is 15.1 Å². The van der Waals surface area contributed by atoms with E-state index in [0.717, 1.165) is 31.7 Å². The van der Waals surface area contributed by atoms with Gasteiger partial charge >= 0.3 is 0 Å². The van der Waals surface area contributed by atoms with Crippen LogP contribution < -0.4 is 5.32 Å². The highest BCUT2D eigenvalue weighted by atomic mass is 32.1. The van der Waals surface area contributed by atoms with E-state index in [-0.39, 0.29) is 11.9 Å². The lowest BCUT2D eigenvalue weighted by molar-refractivity contribution is 0.0887. The van der Waals surface area contributed by atoms with E-state index in [4.69, 9.17) is 0 Å². The predicted molar refractivity (Wildman–Crippen MR) is 94.9 cm³/mol. The second-order valence-electron chi connectivity index (χ2n) is 5.99. The lowest BCUT2D eigenvalue weighted by Crippen LogP contribution is -2.48. The summed E-state index contributed by atoms with van der Waals surface area (Å²) in [5.41, 5.74) is 2.02. The van der Waals surface area contributed by atoms with Gasteiger partial charge in [-0.25, -0.2) is 0 Å². The van der Waals surface area contributed by atoms with Gasteiger partial charge in [-0.05, 0) is 41.6 Å². The Labute approximate surface area is 141 Å². The third-order valence-electron chi connectivity index (χ3n) is 4.40. The van der Waals surface area contributed by atoms with Crippen molar-refractivity contribution in [2.24, 2.45) is 0 Å². The molecule has 1 atom stereocenters. The van der Waals surface area contributed by atoms with Crippen LogP contribution >= 0.6 is 11.3 Å². The van der Waals surface area contributed by atoms with Crippen LogP contribution in [0.25, 0.3) is 0 Å². The van der Waals surface area contributed by atoms with Gasteiger partial charge in [0.2, 0.25) is 0 Å². The molecule has 1 aliphatic rings. The van der Waals surface area contributed by atoms with Crippen molar-refractivity contribution in [3.8, 4) is 0 Å². The zero-order valence-electron chi connectivity index (χ0n) is 13.4. The molecule has 5 heteroatoms. The fraction of sp³-hybridized carbons (Fsp3) is 0.389. The second-order valence-corrected chi connectivity index (χ2v) is 6.77. The highest BCUT2D eigenvalue weighted by molar-refractivity contribution is 7.07. The summed E-state index contributed by atoms with van der Waals surface area (Å²) in [6, 6.07) is 11.8. The summed E-state index contributed by atoms with van der Waals surface area (Å²) in [4.78, 5) is 17.1. The summed E-state index contributed by atoms with van der Waals surface area (Å²) in [5.74, 6) is -0.0000397. The van der Waals surface area contributed by atoms with Crippen LogP contribution in [-0.2, 0) is 0 Å². The lowest BCUT2D eigenvalue weighted by Gasteiger charge is -2.38. The molecule has 2 aromatic rings. The normalized spacial score (nSPS) is 17.8. The zero-order valence-corrected chi connectivity index (χ0v) is 14.3. The van der Waals surface area contributed by atoms with Gasteiger partial charge in [0.05, 0.1) is 6.04 Å². The van der Waals surface area contributed by atoms with E-state index < -0.39 is 0 Å². The van der Waals surface area contributed by atoms with Gasteiger partial charge in [0.15, 0.2) is 0 Å². The number of amides is 1. The number of hydrogen-bond acceptors (Lipinski definition) is 4. The molecule has 0 unspecified atom stereocenters. The van der Waals surface area contributed by atoms with E-state index in [9.17, 15) is 4.79 Å². The average molecular weight is 329 g/mol. The maximum absolute atomic E-state index is 12.3. The van der Waals surface area contributed by atoms with Crippen LogP contribution in [0.5, 0.6) is 0 Å². The molecular weight excluding hydrogens is 306 g/mol. The third kappa shape index (κ3) is 4.19. The summed E-state index contributed by atoms with van der Waals surface area (Å²) in [6.45, 7) is 4.88. The van der Waals surface area contributed by atoms with Crippen molar-refractivity contribution in [2.45, 2.75) is 6.04 Å². The highest BCUT2D eigenvalue weighted by Crippen LogP contribution is 2.23. The van der Waals surface area contributed by atoms with Gasteiger partial charge < -0.3 is 10.2 Å². The standard InChI is InChI=1S/C18H23N3OS/c1-20-8-10-21(11-9-20)17(16-7-12-23-14-16)13-19-18(22)15-5-3-2-4-6-15/h2-7,12,14,17H,8-11,13H2,1H3,(H,19,22)/t17-/m0/s1. The number of likely N-dealkylation sites (N-methyl/N-ethyl adjacent to an activating group) is 1. The Morgan fingerprint density at radius 2 is 1.91 bits per heavy atom. The SMILES string of the molecule is CN1CCN([C@@H](CNC(=O)c2ccccc2)c2ccsc2)CC1. The van der Waals surface area contributed by atoms with Crippen LogP contribution in [0.4, 0.5) is 0 Å². The number of carbonyl (C=O) groups excluding carboxylic acids is 1. The molecule has 1 amide bonds. The Morgan fingerprint density at radius 1 is 1.17 bits per heavy atom. The first-order chi connectivity index (χ1) is 11.2. The van der Waals surface area contributed by atoms with Gasteiger partial charge in [-0.3, -0.25) is 9.69 Å². The summed E-state index contributed by atoms with van der Waals surface area (Å²) in [6.07, 6.45) is 0. The molecule has 3 rings (SSSR count). The van der Waals surface area contributed by atoms with Gasteiger partial charge in [0.1, 0.15) is 0 Å². The Kier molecular flexibility index (Phi) is 5.43. The lowest BCUT2D eigenvalue weighted by atomic mass is 10.1. The Balaban J connectivity index is 1.66. The number of thiophene rings is 1. The third-order valence-corrected chi connectivity index (χ3v) is 5.10. The number of rotatable bonds is 5. The van der Waals surface area contributed by atoms with Crippen molar-refractivity contribution < 1.29 is 4.79 Å². The maximum Gasteiger partial charge on any atom is 0.251 e. The van der Waals surface area contributed by atoms with Crippen LogP contribution in [0.15, 0.2) is 47.2 Å². The van der Waals surface area contributed by atoms with Crippen LogP contribution in [-0.4, -0.2) is 55.5 Å². The average Bonchev–Trinajstić information content (AvgIpc) is 3.11. The fourth-order valence-corrected chi connectivity index (χ4v) is 3.64.